The Hall–Kier alpha value is -1.39. The van der Waals surface area contributed by atoms with Gasteiger partial charge in [0.2, 0.25) is 0 Å². The van der Waals surface area contributed by atoms with Crippen molar-refractivity contribution in [2.24, 2.45) is 0 Å². The van der Waals surface area contributed by atoms with Gasteiger partial charge < -0.3 is 9.47 Å². The topological polar surface area (TPSA) is 91.3 Å². The standard InChI is InChI=1S/C17H24F8O7S/c1-2-3-4-5-6-7-8-29-12(26)9-11(33-32-31-28)13(27)30-10-15(20,21)17(24,25)16(22,23)14(18)19/h11,14,28H,2-10H2,1H3. The molecule has 0 saturated carbocycles. The first kappa shape index (κ1) is 31.6. The van der Waals surface area contributed by atoms with Crippen LogP contribution in [0.2, 0.25) is 0 Å². The van der Waals surface area contributed by atoms with Crippen LogP contribution in [0.5, 0.6) is 0 Å². The molecule has 7 nitrogen and oxygen atoms in total. The lowest BCUT2D eigenvalue weighted by Crippen LogP contribution is -2.59. The quantitative estimate of drug-likeness (QED) is 0.0634. The highest BCUT2D eigenvalue weighted by Gasteiger charge is 2.75. The molecule has 0 fully saturated rings. The van der Waals surface area contributed by atoms with Crippen LogP contribution >= 0.6 is 12.0 Å². The number of ether oxygens (including phenoxy) is 2. The second-order valence-electron chi connectivity index (χ2n) is 6.73. The summed E-state index contributed by atoms with van der Waals surface area (Å²) in [5, 5.41) is 9.37. The second-order valence-corrected chi connectivity index (χ2v) is 7.63. The van der Waals surface area contributed by atoms with E-state index in [1.54, 1.807) is 0 Å². The van der Waals surface area contributed by atoms with Gasteiger partial charge in [-0.25, -0.2) is 14.0 Å². The van der Waals surface area contributed by atoms with Gasteiger partial charge in [0, 0.05) is 0 Å². The Morgan fingerprint density at radius 2 is 1.52 bits per heavy atom. The maximum atomic E-state index is 13.5. The summed E-state index contributed by atoms with van der Waals surface area (Å²) in [5.74, 6) is -21.8. The first-order valence-corrected chi connectivity index (χ1v) is 10.4. The highest BCUT2D eigenvalue weighted by atomic mass is 32.2. The molecule has 0 heterocycles. The molecule has 0 aliphatic rings. The zero-order valence-electron chi connectivity index (χ0n) is 17.3. The van der Waals surface area contributed by atoms with Gasteiger partial charge in [-0.3, -0.25) is 9.59 Å². The third-order valence-electron chi connectivity index (χ3n) is 4.11. The normalized spacial score (nSPS) is 13.8. The molecule has 0 amide bonds. The fourth-order valence-electron chi connectivity index (χ4n) is 2.23. The van der Waals surface area contributed by atoms with E-state index in [2.05, 4.69) is 14.1 Å². The largest absolute Gasteiger partial charge is 0.466 e. The molecule has 0 rings (SSSR count). The van der Waals surface area contributed by atoms with Gasteiger partial charge in [-0.2, -0.15) is 26.3 Å². The molecule has 16 heteroatoms. The molecular weight excluding hydrogens is 500 g/mol. The Balaban J connectivity index is 4.85. The minimum atomic E-state index is -6.57. The number of halogens is 8. The lowest BCUT2D eigenvalue weighted by atomic mass is 10.1. The summed E-state index contributed by atoms with van der Waals surface area (Å²) >= 11 is -0.169. The van der Waals surface area contributed by atoms with Gasteiger partial charge in [-0.05, 0) is 6.42 Å². The Morgan fingerprint density at radius 1 is 0.939 bits per heavy atom. The lowest BCUT2D eigenvalue weighted by molar-refractivity contribution is -0.432. The number of rotatable bonds is 18. The summed E-state index contributed by atoms with van der Waals surface area (Å²) in [4.78, 5) is 23.6. The Kier molecular flexibility index (Phi) is 14.2. The zero-order chi connectivity index (χ0) is 25.7. The van der Waals surface area contributed by atoms with E-state index in [4.69, 9.17) is 9.99 Å². The minimum absolute atomic E-state index is 0.0538. The van der Waals surface area contributed by atoms with Crippen LogP contribution in [0.4, 0.5) is 35.1 Å². The van der Waals surface area contributed by atoms with Gasteiger partial charge in [-0.1, -0.05) is 44.1 Å². The molecule has 0 aliphatic heterocycles. The Morgan fingerprint density at radius 3 is 2.06 bits per heavy atom. The van der Waals surface area contributed by atoms with E-state index in [9.17, 15) is 44.7 Å². The molecule has 0 radical (unpaired) electrons. The number of alkyl halides is 8. The maximum absolute atomic E-state index is 13.5. The third-order valence-corrected chi connectivity index (χ3v) is 4.84. The zero-order valence-corrected chi connectivity index (χ0v) is 18.2. The number of unbranched alkanes of at least 4 members (excludes halogenated alkanes) is 5. The van der Waals surface area contributed by atoms with Crippen LogP contribution in [0.1, 0.15) is 51.9 Å². The molecule has 0 aromatic carbocycles. The molecule has 0 aromatic rings. The summed E-state index contributed by atoms with van der Waals surface area (Å²) < 4.78 is 116. The fourth-order valence-corrected chi connectivity index (χ4v) is 2.71. The van der Waals surface area contributed by atoms with Crippen molar-refractivity contribution in [3.8, 4) is 0 Å². The van der Waals surface area contributed by atoms with Crippen LogP contribution in [0, 0.1) is 0 Å². The summed E-state index contributed by atoms with van der Waals surface area (Å²) in [7, 11) is 0. The van der Waals surface area contributed by atoms with E-state index in [-0.39, 0.29) is 18.6 Å². The van der Waals surface area contributed by atoms with Crippen molar-refractivity contribution in [2.45, 2.75) is 81.3 Å². The Labute approximate surface area is 188 Å². The third kappa shape index (κ3) is 10.2. The molecular formula is C17H24F8O7S. The van der Waals surface area contributed by atoms with Gasteiger partial charge in [-0.15, -0.1) is 4.33 Å². The average Bonchev–Trinajstić information content (AvgIpc) is 2.73. The van der Waals surface area contributed by atoms with Crippen molar-refractivity contribution in [1.29, 1.82) is 0 Å². The average molecular weight is 524 g/mol. The highest BCUT2D eigenvalue weighted by molar-refractivity contribution is 7.95. The smallest absolute Gasteiger partial charge is 0.381 e. The van der Waals surface area contributed by atoms with E-state index < -0.39 is 54.4 Å². The summed E-state index contributed by atoms with van der Waals surface area (Å²) in [6, 6.07) is 0. The molecule has 1 unspecified atom stereocenters. The van der Waals surface area contributed by atoms with Crippen molar-refractivity contribution in [3.05, 3.63) is 0 Å². The number of esters is 2. The molecule has 0 spiro atoms. The van der Waals surface area contributed by atoms with Crippen LogP contribution < -0.4 is 0 Å². The van der Waals surface area contributed by atoms with Crippen molar-refractivity contribution >= 4 is 24.0 Å². The van der Waals surface area contributed by atoms with Crippen LogP contribution in [-0.2, 0) is 28.4 Å². The van der Waals surface area contributed by atoms with Gasteiger partial charge >= 0.3 is 36.1 Å². The van der Waals surface area contributed by atoms with Crippen LogP contribution in [-0.4, -0.2) is 59.9 Å². The first-order valence-electron chi connectivity index (χ1n) is 9.62. The molecule has 33 heavy (non-hydrogen) atoms. The van der Waals surface area contributed by atoms with E-state index >= 15 is 0 Å². The molecule has 0 bridgehead atoms. The predicted molar refractivity (Wildman–Crippen MR) is 96.9 cm³/mol. The van der Waals surface area contributed by atoms with E-state index in [1.807, 2.05) is 6.92 Å². The number of hydrogen-bond acceptors (Lipinski definition) is 8. The summed E-state index contributed by atoms with van der Waals surface area (Å²) in [6.07, 6.45) is -0.899. The van der Waals surface area contributed by atoms with E-state index in [0.717, 1.165) is 32.1 Å². The number of hydrogen-bond donors (Lipinski definition) is 1. The maximum Gasteiger partial charge on any atom is 0.381 e. The molecule has 1 atom stereocenters. The Bertz CT molecular complexity index is 596. The summed E-state index contributed by atoms with van der Waals surface area (Å²) in [6.45, 7) is -0.745. The van der Waals surface area contributed by atoms with Crippen LogP contribution in [0.25, 0.3) is 0 Å². The molecule has 0 saturated heterocycles. The molecule has 196 valence electrons. The fraction of sp³-hybridized carbons (Fsp3) is 0.882. The van der Waals surface area contributed by atoms with Gasteiger partial charge in [0.1, 0.15) is 5.25 Å². The van der Waals surface area contributed by atoms with Crippen molar-refractivity contribution in [2.75, 3.05) is 13.2 Å². The SMILES string of the molecule is CCCCCCCCOC(=O)CC(SOOO)C(=O)OCC(F)(F)C(F)(F)C(F)(F)C(F)F. The molecule has 1 N–H and O–H groups in total. The molecule has 0 aliphatic carbocycles. The predicted octanol–water partition coefficient (Wildman–Crippen LogP) is 5.43. The first-order chi connectivity index (χ1) is 15.2. The van der Waals surface area contributed by atoms with Crippen molar-refractivity contribution in [3.63, 3.8) is 0 Å². The lowest BCUT2D eigenvalue weighted by Gasteiger charge is -2.31. The van der Waals surface area contributed by atoms with Gasteiger partial charge in [0.05, 0.1) is 25.1 Å². The highest BCUT2D eigenvalue weighted by Crippen LogP contribution is 2.48. The van der Waals surface area contributed by atoms with Crippen molar-refractivity contribution in [1.82, 2.24) is 0 Å². The minimum Gasteiger partial charge on any atom is -0.466 e. The van der Waals surface area contributed by atoms with Crippen LogP contribution in [0.3, 0.4) is 0 Å². The van der Waals surface area contributed by atoms with Crippen molar-refractivity contribution < 1.29 is 68.8 Å². The van der Waals surface area contributed by atoms with Gasteiger partial charge in [0.15, 0.2) is 6.61 Å². The summed E-state index contributed by atoms with van der Waals surface area (Å²) in [5.41, 5.74) is 0. The number of carbonyl (C=O) groups excluding carboxylic acids is 2. The number of carbonyl (C=O) groups is 2. The van der Waals surface area contributed by atoms with E-state index in [1.165, 1.54) is 0 Å². The monoisotopic (exact) mass is 524 g/mol. The van der Waals surface area contributed by atoms with Crippen LogP contribution in [0.15, 0.2) is 0 Å². The molecule has 0 aromatic heterocycles. The van der Waals surface area contributed by atoms with Gasteiger partial charge in [0.25, 0.3) is 0 Å². The van der Waals surface area contributed by atoms with E-state index in [0.29, 0.717) is 6.42 Å². The second kappa shape index (κ2) is 14.8.